The van der Waals surface area contributed by atoms with Gasteiger partial charge in [0, 0.05) is 22.4 Å². The lowest BCUT2D eigenvalue weighted by atomic mass is 9.86. The van der Waals surface area contributed by atoms with Crippen LogP contribution in [-0.4, -0.2) is 29.4 Å². The quantitative estimate of drug-likeness (QED) is 0.400. The molecule has 0 radical (unpaired) electrons. The fourth-order valence-electron chi connectivity index (χ4n) is 3.64. The number of aromatic nitrogens is 2. The third kappa shape index (κ3) is 4.50. The van der Waals surface area contributed by atoms with E-state index in [1.165, 1.54) is 0 Å². The second-order valence-electron chi connectivity index (χ2n) is 9.04. The Bertz CT molecular complexity index is 1110. The van der Waals surface area contributed by atoms with Gasteiger partial charge in [-0.2, -0.15) is 5.10 Å². The standard InChI is InChI=1S/C24H28N4O3/c1-14-19(11-27-28-14)15-5-7-21-17(9-15)20(12-29-23(25)26)18-10-16(6-8-22(18)31-21)30-13-24(2,3)4/h5-11,20H,12-13H2,1-4H3,(H3,25,26)(H,27,28). The van der Waals surface area contributed by atoms with E-state index in [1.807, 2.05) is 43.5 Å². The maximum atomic E-state index is 7.53. The van der Waals surface area contributed by atoms with Crippen LogP contribution in [0.4, 0.5) is 0 Å². The van der Waals surface area contributed by atoms with Gasteiger partial charge in [-0.1, -0.05) is 26.8 Å². The molecule has 1 unspecified atom stereocenters. The Balaban J connectivity index is 1.74. The third-order valence-electron chi connectivity index (χ3n) is 5.18. The molecule has 1 aromatic heterocycles. The lowest BCUT2D eigenvalue weighted by Gasteiger charge is -2.29. The van der Waals surface area contributed by atoms with E-state index in [0.717, 1.165) is 45.2 Å². The van der Waals surface area contributed by atoms with Crippen LogP contribution in [0.2, 0.25) is 0 Å². The van der Waals surface area contributed by atoms with Crippen LogP contribution in [0.1, 0.15) is 43.5 Å². The molecule has 1 atom stereocenters. The first-order valence-electron chi connectivity index (χ1n) is 10.3. The summed E-state index contributed by atoms with van der Waals surface area (Å²) < 4.78 is 17.7. The van der Waals surface area contributed by atoms with Crippen molar-refractivity contribution in [3.05, 3.63) is 59.4 Å². The molecule has 31 heavy (non-hydrogen) atoms. The van der Waals surface area contributed by atoms with Crippen LogP contribution in [0.25, 0.3) is 11.1 Å². The molecule has 0 aliphatic carbocycles. The van der Waals surface area contributed by atoms with Gasteiger partial charge in [-0.05, 0) is 48.2 Å². The largest absolute Gasteiger partial charge is 0.493 e. The van der Waals surface area contributed by atoms with Crippen molar-refractivity contribution in [1.82, 2.24) is 10.2 Å². The van der Waals surface area contributed by atoms with Gasteiger partial charge < -0.3 is 19.9 Å². The van der Waals surface area contributed by atoms with Crippen molar-refractivity contribution in [2.75, 3.05) is 13.2 Å². The smallest absolute Gasteiger partial charge is 0.279 e. The Morgan fingerprint density at radius 3 is 2.52 bits per heavy atom. The molecular formula is C24H28N4O3. The molecule has 0 fully saturated rings. The first kappa shape index (κ1) is 20.8. The van der Waals surface area contributed by atoms with Crippen LogP contribution in [0.5, 0.6) is 17.2 Å². The number of fused-ring (bicyclic) bond motifs is 2. The van der Waals surface area contributed by atoms with Crippen LogP contribution in [0.3, 0.4) is 0 Å². The highest BCUT2D eigenvalue weighted by Crippen LogP contribution is 2.46. The van der Waals surface area contributed by atoms with Crippen molar-refractivity contribution in [1.29, 1.82) is 5.41 Å². The minimum Gasteiger partial charge on any atom is -0.493 e. The normalized spacial score (nSPS) is 14.9. The molecule has 0 saturated carbocycles. The lowest BCUT2D eigenvalue weighted by Crippen LogP contribution is -2.22. The zero-order chi connectivity index (χ0) is 22.2. The van der Waals surface area contributed by atoms with Gasteiger partial charge in [0.25, 0.3) is 6.02 Å². The van der Waals surface area contributed by atoms with Gasteiger partial charge in [0.15, 0.2) is 0 Å². The minimum absolute atomic E-state index is 0.0491. The van der Waals surface area contributed by atoms with Crippen molar-refractivity contribution < 1.29 is 14.2 Å². The SMILES string of the molecule is Cc1[nH]ncc1-c1ccc2c(c1)C(COC(=N)N)c1cc(OCC(C)(C)C)ccc1O2. The van der Waals surface area contributed by atoms with Gasteiger partial charge in [0.05, 0.1) is 18.7 Å². The van der Waals surface area contributed by atoms with E-state index in [9.17, 15) is 0 Å². The van der Waals surface area contributed by atoms with Gasteiger partial charge >= 0.3 is 0 Å². The number of aromatic amines is 1. The summed E-state index contributed by atoms with van der Waals surface area (Å²) in [7, 11) is 0. The predicted molar refractivity (Wildman–Crippen MR) is 120 cm³/mol. The summed E-state index contributed by atoms with van der Waals surface area (Å²) in [5.74, 6) is 2.13. The first-order chi connectivity index (χ1) is 14.7. The summed E-state index contributed by atoms with van der Waals surface area (Å²) in [4.78, 5) is 0. The van der Waals surface area contributed by atoms with Crippen molar-refractivity contribution in [2.45, 2.75) is 33.6 Å². The average molecular weight is 421 g/mol. The van der Waals surface area contributed by atoms with Gasteiger partial charge in [-0.15, -0.1) is 0 Å². The summed E-state index contributed by atoms with van der Waals surface area (Å²) in [5.41, 5.74) is 10.5. The zero-order valence-corrected chi connectivity index (χ0v) is 18.3. The van der Waals surface area contributed by atoms with Crippen LogP contribution >= 0.6 is 0 Å². The van der Waals surface area contributed by atoms with Crippen LogP contribution in [-0.2, 0) is 4.74 Å². The maximum Gasteiger partial charge on any atom is 0.279 e. The third-order valence-corrected chi connectivity index (χ3v) is 5.18. The Labute approximate surface area is 182 Å². The minimum atomic E-state index is -0.309. The number of rotatable bonds is 5. The number of hydrogen-bond donors (Lipinski definition) is 3. The van der Waals surface area contributed by atoms with E-state index < -0.39 is 0 Å². The van der Waals surface area contributed by atoms with Crippen molar-refractivity contribution in [2.24, 2.45) is 11.1 Å². The van der Waals surface area contributed by atoms with Crippen LogP contribution in [0.15, 0.2) is 42.6 Å². The van der Waals surface area contributed by atoms with E-state index in [2.05, 4.69) is 37.0 Å². The Morgan fingerprint density at radius 2 is 1.87 bits per heavy atom. The number of aryl methyl sites for hydroxylation is 1. The Kier molecular flexibility index (Phi) is 5.35. The average Bonchev–Trinajstić information content (AvgIpc) is 3.14. The molecule has 162 valence electrons. The number of nitrogens with one attached hydrogen (secondary N) is 2. The molecule has 4 N–H and O–H groups in total. The highest BCUT2D eigenvalue weighted by Gasteiger charge is 2.29. The highest BCUT2D eigenvalue weighted by atomic mass is 16.5. The maximum absolute atomic E-state index is 7.53. The number of nitrogens with zero attached hydrogens (tertiary/aromatic N) is 1. The molecule has 0 saturated heterocycles. The van der Waals surface area contributed by atoms with Crippen molar-refractivity contribution in [3.63, 3.8) is 0 Å². The summed E-state index contributed by atoms with van der Waals surface area (Å²) in [5, 5.41) is 14.6. The number of H-pyrrole nitrogens is 1. The number of ether oxygens (including phenoxy) is 3. The Hall–Kier alpha value is -3.48. The second kappa shape index (κ2) is 7.98. The van der Waals surface area contributed by atoms with E-state index in [0.29, 0.717) is 6.61 Å². The monoisotopic (exact) mass is 420 g/mol. The van der Waals surface area contributed by atoms with E-state index in [-0.39, 0.29) is 24.0 Å². The fraction of sp³-hybridized carbons (Fsp3) is 0.333. The second-order valence-corrected chi connectivity index (χ2v) is 9.04. The van der Waals surface area contributed by atoms with Gasteiger partial charge in [-0.3, -0.25) is 10.5 Å². The number of benzene rings is 2. The fourth-order valence-corrected chi connectivity index (χ4v) is 3.64. The number of hydrogen-bond acceptors (Lipinski definition) is 5. The summed E-state index contributed by atoms with van der Waals surface area (Å²) >= 11 is 0. The first-order valence-corrected chi connectivity index (χ1v) is 10.3. The zero-order valence-electron chi connectivity index (χ0n) is 18.3. The highest BCUT2D eigenvalue weighted by molar-refractivity contribution is 5.70. The lowest BCUT2D eigenvalue weighted by molar-refractivity contribution is 0.197. The molecular weight excluding hydrogens is 392 g/mol. The molecule has 1 aliphatic rings. The number of amidine groups is 1. The van der Waals surface area contributed by atoms with Crippen molar-refractivity contribution in [3.8, 4) is 28.4 Å². The Morgan fingerprint density at radius 1 is 1.16 bits per heavy atom. The molecule has 7 nitrogen and oxygen atoms in total. The number of nitrogens with two attached hydrogens (primary N) is 1. The van der Waals surface area contributed by atoms with E-state index in [1.54, 1.807) is 0 Å². The molecule has 2 aromatic carbocycles. The summed E-state index contributed by atoms with van der Waals surface area (Å²) in [6.07, 6.45) is 1.81. The van der Waals surface area contributed by atoms with Crippen molar-refractivity contribution >= 4 is 6.02 Å². The van der Waals surface area contributed by atoms with Gasteiger partial charge in [0.1, 0.15) is 23.9 Å². The summed E-state index contributed by atoms with van der Waals surface area (Å²) in [6.45, 7) is 9.22. The van der Waals surface area contributed by atoms with Gasteiger partial charge in [0.2, 0.25) is 0 Å². The molecule has 3 aromatic rings. The topological polar surface area (TPSA) is 106 Å². The summed E-state index contributed by atoms with van der Waals surface area (Å²) in [6, 6.07) is 11.6. The van der Waals surface area contributed by atoms with Gasteiger partial charge in [-0.25, -0.2) is 0 Å². The molecule has 1 aliphatic heterocycles. The molecule has 0 bridgehead atoms. The van der Waals surface area contributed by atoms with E-state index in [4.69, 9.17) is 25.4 Å². The molecule has 0 spiro atoms. The van der Waals surface area contributed by atoms with Crippen LogP contribution < -0.4 is 15.2 Å². The molecule has 4 rings (SSSR count). The molecule has 7 heteroatoms. The molecule has 2 heterocycles. The van der Waals surface area contributed by atoms with E-state index >= 15 is 0 Å². The predicted octanol–water partition coefficient (Wildman–Crippen LogP) is 4.96. The molecule has 0 amide bonds. The van der Waals surface area contributed by atoms with Crippen LogP contribution in [0, 0.1) is 17.7 Å².